The van der Waals surface area contributed by atoms with E-state index in [1.54, 1.807) is 0 Å². The molecule has 3 heterocycles. The first-order chi connectivity index (χ1) is 23.5. The monoisotopic (exact) mass is 839 g/mol. The third-order valence-electron chi connectivity index (χ3n) is 9.94. The molecule has 0 N–H and O–H groups in total. The Morgan fingerprint density at radius 2 is 1.40 bits per heavy atom. The number of ether oxygens (including phenoxy) is 1. The van der Waals surface area contributed by atoms with E-state index in [1.807, 2.05) is 41.3 Å². The fourth-order valence-electron chi connectivity index (χ4n) is 7.38. The summed E-state index contributed by atoms with van der Waals surface area (Å²) in [5.41, 5.74) is 13.4. The molecule has 7 aromatic rings. The van der Waals surface area contributed by atoms with E-state index in [0.29, 0.717) is 29.3 Å². The van der Waals surface area contributed by atoms with Gasteiger partial charge in [0.1, 0.15) is 5.82 Å². The summed E-state index contributed by atoms with van der Waals surface area (Å²) in [5, 5.41) is 7.09. The van der Waals surface area contributed by atoms with Gasteiger partial charge in [-0.15, -0.1) is 35.7 Å². The van der Waals surface area contributed by atoms with Crippen LogP contribution in [0.15, 0.2) is 85.3 Å². The SMILES string of the molecule is Cc1c(C)c(C(C)C)c(-c2cnn(-c3[c-]c(Oc4[c-]c5c(cc4)c4ccccc4n5-c4cc(C(C)C)ccn4)ccc3)c2)c(C(C)C)c1C.[Pt+2]. The van der Waals surface area contributed by atoms with Crippen molar-refractivity contribution in [2.75, 3.05) is 0 Å². The van der Waals surface area contributed by atoms with Crippen LogP contribution in [0.5, 0.6) is 11.5 Å². The molecule has 0 aliphatic rings. The van der Waals surface area contributed by atoms with Crippen LogP contribution >= 0.6 is 0 Å². The molecule has 0 radical (unpaired) electrons. The zero-order chi connectivity index (χ0) is 34.6. The van der Waals surface area contributed by atoms with E-state index in [4.69, 9.17) is 14.8 Å². The van der Waals surface area contributed by atoms with Crippen LogP contribution in [0.25, 0.3) is 44.4 Å². The Labute approximate surface area is 310 Å². The molecular weight excluding hydrogens is 796 g/mol. The number of nitrogens with zero attached hydrogens (tertiary/aromatic N) is 4. The Bertz CT molecular complexity index is 2310. The van der Waals surface area contributed by atoms with Crippen molar-refractivity contribution in [2.24, 2.45) is 0 Å². The van der Waals surface area contributed by atoms with Crippen LogP contribution < -0.4 is 4.74 Å². The summed E-state index contributed by atoms with van der Waals surface area (Å²) >= 11 is 0. The minimum atomic E-state index is 0. The average Bonchev–Trinajstić information content (AvgIpc) is 3.70. The quantitative estimate of drug-likeness (QED) is 0.143. The van der Waals surface area contributed by atoms with Gasteiger partial charge in [-0.3, -0.25) is 4.68 Å². The molecule has 0 saturated carbocycles. The molecule has 0 fully saturated rings. The fraction of sp³-hybridized carbons (Fsp3) is 0.273. The topological polar surface area (TPSA) is 44.9 Å². The van der Waals surface area contributed by atoms with Crippen molar-refractivity contribution in [3.8, 4) is 34.1 Å². The molecule has 0 amide bonds. The fourth-order valence-corrected chi connectivity index (χ4v) is 7.38. The number of hydrogen-bond donors (Lipinski definition) is 0. The molecule has 0 unspecified atom stereocenters. The Balaban J connectivity index is 0.00000432. The van der Waals surface area contributed by atoms with Gasteiger partial charge in [0.15, 0.2) is 0 Å². The largest absolute Gasteiger partial charge is 2.00 e. The molecule has 4 aromatic carbocycles. The van der Waals surface area contributed by atoms with E-state index in [-0.39, 0.29) is 21.1 Å². The summed E-state index contributed by atoms with van der Waals surface area (Å²) in [6.07, 6.45) is 6.01. The Kier molecular flexibility index (Phi) is 9.93. The second-order valence-corrected chi connectivity index (χ2v) is 14.1. The first kappa shape index (κ1) is 35.4. The van der Waals surface area contributed by atoms with Crippen molar-refractivity contribution in [2.45, 2.75) is 80.1 Å². The molecule has 7 rings (SSSR count). The van der Waals surface area contributed by atoms with Crippen LogP contribution in [-0.4, -0.2) is 19.3 Å². The summed E-state index contributed by atoms with van der Waals surface area (Å²) in [5.74, 6) is 3.25. The maximum Gasteiger partial charge on any atom is 2.00 e. The molecule has 50 heavy (non-hydrogen) atoms. The summed E-state index contributed by atoms with van der Waals surface area (Å²) in [6, 6.07) is 29.7. The number of fused-ring (bicyclic) bond motifs is 3. The Morgan fingerprint density at radius 1 is 0.700 bits per heavy atom. The van der Waals surface area contributed by atoms with Crippen molar-refractivity contribution in [3.05, 3.63) is 131 Å². The van der Waals surface area contributed by atoms with Crippen molar-refractivity contribution in [1.29, 1.82) is 0 Å². The Hall–Kier alpha value is -4.47. The van der Waals surface area contributed by atoms with Gasteiger partial charge in [-0.1, -0.05) is 65.3 Å². The van der Waals surface area contributed by atoms with Crippen LogP contribution in [0.1, 0.15) is 92.7 Å². The summed E-state index contributed by atoms with van der Waals surface area (Å²) in [6.45, 7) is 20.3. The van der Waals surface area contributed by atoms with Gasteiger partial charge in [0.2, 0.25) is 0 Å². The van der Waals surface area contributed by atoms with E-state index < -0.39 is 0 Å². The predicted octanol–water partition coefficient (Wildman–Crippen LogP) is 11.7. The number of benzene rings is 4. The normalized spacial score (nSPS) is 11.7. The van der Waals surface area contributed by atoms with Gasteiger partial charge < -0.3 is 9.30 Å². The van der Waals surface area contributed by atoms with E-state index in [2.05, 4.69) is 128 Å². The number of para-hydroxylation sites is 1. The molecule has 6 heteroatoms. The molecule has 0 spiro atoms. The third-order valence-corrected chi connectivity index (χ3v) is 9.94. The van der Waals surface area contributed by atoms with Crippen LogP contribution in [0.3, 0.4) is 0 Å². The smallest absolute Gasteiger partial charge is 0.509 e. The number of rotatable bonds is 8. The molecule has 5 nitrogen and oxygen atoms in total. The van der Waals surface area contributed by atoms with E-state index in [1.165, 1.54) is 38.9 Å². The van der Waals surface area contributed by atoms with Crippen molar-refractivity contribution in [1.82, 2.24) is 19.3 Å². The number of pyridine rings is 1. The third kappa shape index (κ3) is 6.22. The second-order valence-electron chi connectivity index (χ2n) is 14.1. The average molecular weight is 840 g/mol. The zero-order valence-corrected chi connectivity index (χ0v) is 32.6. The molecule has 3 aromatic heterocycles. The van der Waals surface area contributed by atoms with Crippen LogP contribution in [0.2, 0.25) is 0 Å². The first-order valence-corrected chi connectivity index (χ1v) is 17.3. The second kappa shape index (κ2) is 14.0. The van der Waals surface area contributed by atoms with Crippen molar-refractivity contribution >= 4 is 21.8 Å². The predicted molar refractivity (Wildman–Crippen MR) is 202 cm³/mol. The minimum Gasteiger partial charge on any atom is -0.509 e. The van der Waals surface area contributed by atoms with Crippen molar-refractivity contribution in [3.63, 3.8) is 0 Å². The van der Waals surface area contributed by atoms with E-state index >= 15 is 0 Å². The maximum atomic E-state index is 6.45. The molecule has 256 valence electrons. The standard InChI is InChI=1S/C44H44N4O.Pt/c1-26(2)32-19-20-45-41(21-32)48-39-16-11-10-15-37(39)38-18-17-36(23-40(38)48)49-35-14-12-13-34(22-35)47-25-33(24-46-47)44-42(27(3)4)30(8)29(7)31(9)43(44)28(5)6;/h10-21,24-28H,1-9H3;/q-2;+2. The van der Waals surface area contributed by atoms with Crippen LogP contribution in [0, 0.1) is 32.9 Å². The first-order valence-electron chi connectivity index (χ1n) is 17.3. The summed E-state index contributed by atoms with van der Waals surface area (Å²) < 4.78 is 10.5. The number of hydrogen-bond acceptors (Lipinski definition) is 3. The molecule has 0 saturated heterocycles. The van der Waals surface area contributed by atoms with Gasteiger partial charge in [0.05, 0.1) is 6.20 Å². The zero-order valence-electron chi connectivity index (χ0n) is 30.3. The van der Waals surface area contributed by atoms with E-state index in [0.717, 1.165) is 38.9 Å². The van der Waals surface area contributed by atoms with Gasteiger partial charge in [-0.05, 0) is 107 Å². The van der Waals surface area contributed by atoms with Gasteiger partial charge in [-0.25, -0.2) is 4.98 Å². The summed E-state index contributed by atoms with van der Waals surface area (Å²) in [4.78, 5) is 4.78. The molecular formula is C44H44N4OPt. The van der Waals surface area contributed by atoms with Crippen LogP contribution in [0.4, 0.5) is 0 Å². The molecule has 0 bridgehead atoms. The molecule has 0 aliphatic heterocycles. The van der Waals surface area contributed by atoms with Crippen molar-refractivity contribution < 1.29 is 25.8 Å². The summed E-state index contributed by atoms with van der Waals surface area (Å²) in [7, 11) is 0. The minimum absolute atomic E-state index is 0. The van der Waals surface area contributed by atoms with E-state index in [9.17, 15) is 0 Å². The molecule has 0 atom stereocenters. The number of aromatic nitrogens is 4. The van der Waals surface area contributed by atoms with Gasteiger partial charge in [0, 0.05) is 35.0 Å². The van der Waals surface area contributed by atoms with Crippen LogP contribution in [-0.2, 0) is 21.1 Å². The van der Waals surface area contributed by atoms with Gasteiger partial charge in [-0.2, -0.15) is 17.2 Å². The van der Waals surface area contributed by atoms with Gasteiger partial charge in [0.25, 0.3) is 0 Å². The Morgan fingerprint density at radius 3 is 2.10 bits per heavy atom. The van der Waals surface area contributed by atoms with Gasteiger partial charge >= 0.3 is 21.1 Å². The molecule has 0 aliphatic carbocycles. The maximum absolute atomic E-state index is 6.45.